The van der Waals surface area contributed by atoms with Gasteiger partial charge in [0.05, 0.1) is 11.4 Å². The van der Waals surface area contributed by atoms with E-state index < -0.39 is 6.04 Å². The summed E-state index contributed by atoms with van der Waals surface area (Å²) in [5.74, 6) is 4.98. The molecule has 2 rings (SSSR count). The summed E-state index contributed by atoms with van der Waals surface area (Å²) in [7, 11) is 0. The maximum absolute atomic E-state index is 11.0. The summed E-state index contributed by atoms with van der Waals surface area (Å²) in [4.78, 5) is 4.19. The summed E-state index contributed by atoms with van der Waals surface area (Å²) in [6, 6.07) is -0.639. The molecule has 0 radical (unpaired) electrons. The van der Waals surface area contributed by atoms with E-state index in [0.29, 0.717) is 0 Å². The molecule has 1 aliphatic heterocycles. The van der Waals surface area contributed by atoms with Gasteiger partial charge in [0.2, 0.25) is 0 Å². The third-order valence-electron chi connectivity index (χ3n) is 2.03. The number of hydrogen-bond donors (Lipinski definition) is 1. The molecule has 14 heavy (non-hydrogen) atoms. The van der Waals surface area contributed by atoms with Crippen molar-refractivity contribution in [3.63, 3.8) is 0 Å². The highest BCUT2D eigenvalue weighted by Gasteiger charge is 2.24. The van der Waals surface area contributed by atoms with E-state index >= 15 is 0 Å². The molecule has 0 saturated carbocycles. The lowest BCUT2D eigenvalue weighted by molar-refractivity contribution is -0.206. The number of nitrogens with two attached hydrogens (primary N) is 1. The van der Waals surface area contributed by atoms with Crippen LogP contribution in [0.15, 0.2) is 23.5 Å². The van der Waals surface area contributed by atoms with Crippen LogP contribution >= 0.6 is 0 Å². The van der Waals surface area contributed by atoms with Gasteiger partial charge in [-0.05, 0) is 12.5 Å². The van der Waals surface area contributed by atoms with Gasteiger partial charge >= 0.3 is 0 Å². The van der Waals surface area contributed by atoms with E-state index in [9.17, 15) is 15.6 Å². The molecule has 1 fully saturated rings. The summed E-state index contributed by atoms with van der Waals surface area (Å²) in [5, 5.41) is 33.0. The standard InChI is InChI=1S/C6H7N4O4/c7-8(11)4-1-2-5-6(3-4)10(13)14-9(5)12/h2-4H,1,7H2/q-3. The Bertz CT molecular complexity index is 302. The molecule has 8 nitrogen and oxygen atoms in total. The zero-order valence-electron chi connectivity index (χ0n) is 6.99. The third kappa shape index (κ3) is 1.35. The number of hydroxylamine groups is 5. The van der Waals surface area contributed by atoms with Gasteiger partial charge in [-0.2, -0.15) is 4.94 Å². The fraction of sp³-hybridized carbons (Fsp3) is 0.333. The van der Waals surface area contributed by atoms with Gasteiger partial charge in [0.25, 0.3) is 0 Å². The van der Waals surface area contributed by atoms with Crippen molar-refractivity contribution in [3.05, 3.63) is 39.2 Å². The highest BCUT2D eigenvalue weighted by Crippen LogP contribution is 2.32. The number of rotatable bonds is 1. The Morgan fingerprint density at radius 3 is 2.71 bits per heavy atom. The van der Waals surface area contributed by atoms with Crippen LogP contribution in [-0.2, 0) is 4.94 Å². The van der Waals surface area contributed by atoms with Crippen molar-refractivity contribution in [2.75, 3.05) is 0 Å². The molecule has 0 aromatic heterocycles. The lowest BCUT2D eigenvalue weighted by Gasteiger charge is -2.33. The first kappa shape index (κ1) is 9.40. The summed E-state index contributed by atoms with van der Waals surface area (Å²) < 4.78 is 0. The lowest BCUT2D eigenvalue weighted by Crippen LogP contribution is -2.36. The Morgan fingerprint density at radius 1 is 1.43 bits per heavy atom. The number of hydrazine groups is 1. The molecule has 0 spiro atoms. The Kier molecular flexibility index (Phi) is 2.15. The van der Waals surface area contributed by atoms with Crippen molar-refractivity contribution in [2.45, 2.75) is 12.5 Å². The zero-order chi connectivity index (χ0) is 10.3. The second-order valence-electron chi connectivity index (χ2n) is 2.90. The molecule has 1 unspecified atom stereocenters. The van der Waals surface area contributed by atoms with Gasteiger partial charge < -0.3 is 20.8 Å². The van der Waals surface area contributed by atoms with Crippen molar-refractivity contribution in [3.8, 4) is 0 Å². The smallest absolute Gasteiger partial charge is 0.0756 e. The minimum absolute atomic E-state index is 0.0163. The van der Waals surface area contributed by atoms with Crippen LogP contribution in [0.1, 0.15) is 6.42 Å². The Balaban J connectivity index is 2.25. The van der Waals surface area contributed by atoms with E-state index in [0.717, 1.165) is 0 Å². The van der Waals surface area contributed by atoms with E-state index in [2.05, 4.69) is 4.94 Å². The molecule has 0 bridgehead atoms. The molecule has 2 N–H and O–H groups in total. The van der Waals surface area contributed by atoms with Crippen molar-refractivity contribution in [1.82, 2.24) is 15.6 Å². The van der Waals surface area contributed by atoms with Crippen LogP contribution < -0.4 is 5.84 Å². The Morgan fingerprint density at radius 2 is 2.07 bits per heavy atom. The van der Waals surface area contributed by atoms with E-state index in [1.807, 2.05) is 0 Å². The Labute approximate surface area is 79.0 Å². The van der Waals surface area contributed by atoms with Crippen molar-refractivity contribution < 1.29 is 4.94 Å². The predicted molar refractivity (Wildman–Crippen MR) is 45.5 cm³/mol. The predicted octanol–water partition coefficient (Wildman–Crippen LogP) is -0.340. The quantitative estimate of drug-likeness (QED) is 0.450. The van der Waals surface area contributed by atoms with Gasteiger partial charge in [0.1, 0.15) is 0 Å². The van der Waals surface area contributed by atoms with Gasteiger partial charge in [-0.15, -0.1) is 0 Å². The van der Waals surface area contributed by atoms with Crippen molar-refractivity contribution >= 4 is 0 Å². The molecule has 0 aromatic carbocycles. The summed E-state index contributed by atoms with van der Waals surface area (Å²) in [6.07, 6.45) is 3.00. The maximum atomic E-state index is 11.0. The largest absolute Gasteiger partial charge is 0.771 e. The normalized spacial score (nSPS) is 26.5. The summed E-state index contributed by atoms with van der Waals surface area (Å²) in [6.45, 7) is 0. The molecule has 8 heteroatoms. The topological polar surface area (TPSA) is 114 Å². The van der Waals surface area contributed by atoms with Crippen LogP contribution in [0.5, 0.6) is 0 Å². The van der Waals surface area contributed by atoms with Crippen LogP contribution in [-0.4, -0.2) is 21.7 Å². The van der Waals surface area contributed by atoms with Crippen LogP contribution in [0.2, 0.25) is 0 Å². The second kappa shape index (κ2) is 3.20. The fourth-order valence-electron chi connectivity index (χ4n) is 1.33. The van der Waals surface area contributed by atoms with Gasteiger partial charge in [0.15, 0.2) is 0 Å². The minimum Gasteiger partial charge on any atom is -0.771 e. The van der Waals surface area contributed by atoms with Crippen molar-refractivity contribution in [2.24, 2.45) is 5.84 Å². The average molecular weight is 199 g/mol. The molecule has 1 heterocycles. The number of fused-ring (bicyclic) bond motifs is 1. The van der Waals surface area contributed by atoms with Crippen LogP contribution in [0.25, 0.3) is 0 Å². The highest BCUT2D eigenvalue weighted by molar-refractivity contribution is 5.35. The van der Waals surface area contributed by atoms with E-state index in [4.69, 9.17) is 5.84 Å². The maximum Gasteiger partial charge on any atom is 0.0756 e. The zero-order valence-corrected chi connectivity index (χ0v) is 6.99. The fourth-order valence-corrected chi connectivity index (χ4v) is 1.33. The van der Waals surface area contributed by atoms with Crippen molar-refractivity contribution in [1.29, 1.82) is 0 Å². The van der Waals surface area contributed by atoms with E-state index in [1.165, 1.54) is 12.2 Å². The Hall–Kier alpha value is -1.16. The van der Waals surface area contributed by atoms with E-state index in [-0.39, 0.29) is 33.4 Å². The minimum atomic E-state index is -0.639. The average Bonchev–Trinajstić information content (AvgIpc) is 2.42. The second-order valence-corrected chi connectivity index (χ2v) is 2.90. The molecule has 1 aliphatic carbocycles. The van der Waals surface area contributed by atoms with Gasteiger partial charge in [-0.1, -0.05) is 6.08 Å². The molecule has 1 saturated heterocycles. The molecule has 0 aromatic rings. The van der Waals surface area contributed by atoms with Crippen LogP contribution in [0, 0.1) is 15.6 Å². The molecule has 2 aliphatic rings. The van der Waals surface area contributed by atoms with Gasteiger partial charge in [0, 0.05) is 6.04 Å². The number of hydrogen-bond acceptors (Lipinski definition) is 8. The van der Waals surface area contributed by atoms with Gasteiger partial charge in [-0.3, -0.25) is 16.3 Å². The van der Waals surface area contributed by atoms with Crippen LogP contribution in [0.4, 0.5) is 0 Å². The monoisotopic (exact) mass is 199 g/mol. The molecular weight excluding hydrogens is 192 g/mol. The molecular formula is C6H7N4O4-3. The van der Waals surface area contributed by atoms with Crippen LogP contribution in [0.3, 0.4) is 0 Å². The summed E-state index contributed by atoms with van der Waals surface area (Å²) >= 11 is 0. The van der Waals surface area contributed by atoms with Gasteiger partial charge in [-0.25, -0.2) is 0 Å². The highest BCUT2D eigenvalue weighted by atomic mass is 17.1. The summed E-state index contributed by atoms with van der Waals surface area (Å²) in [5.41, 5.74) is 0.126. The first-order valence-corrected chi connectivity index (χ1v) is 3.85. The van der Waals surface area contributed by atoms with E-state index in [1.54, 1.807) is 0 Å². The first-order chi connectivity index (χ1) is 6.59. The lowest BCUT2D eigenvalue weighted by atomic mass is 10.1. The SMILES string of the molecule is NN([O-])C1C=C2C(=CC1)N([O-])ON2[O-]. The number of nitrogens with zero attached hydrogens (tertiary/aromatic N) is 3. The molecule has 1 atom stereocenters. The molecule has 78 valence electrons. The first-order valence-electron chi connectivity index (χ1n) is 3.85. The molecule has 0 amide bonds. The third-order valence-corrected chi connectivity index (χ3v) is 2.03.